The Morgan fingerprint density at radius 3 is 2.76 bits per heavy atom. The first-order chi connectivity index (χ1) is 17.6. The molecule has 0 saturated heterocycles. The van der Waals surface area contributed by atoms with Crippen LogP contribution in [0, 0.1) is 6.92 Å². The van der Waals surface area contributed by atoms with Gasteiger partial charge in [-0.2, -0.15) is 9.46 Å². The SMILES string of the molecule is Cc1cc2cc(n1)-c1cnn(C)c1OCCOC(C)Cn1c(nc3ccc(N=S(C)(C)=O)cc31)NC2=O. The third kappa shape index (κ3) is 5.35. The molecule has 0 aliphatic carbocycles. The molecule has 3 aromatic heterocycles. The summed E-state index contributed by atoms with van der Waals surface area (Å²) in [4.78, 5) is 22.7. The highest BCUT2D eigenvalue weighted by Gasteiger charge is 2.21. The van der Waals surface area contributed by atoms with Gasteiger partial charge in [0.25, 0.3) is 5.91 Å². The molecule has 1 aliphatic heterocycles. The summed E-state index contributed by atoms with van der Waals surface area (Å²) in [5.74, 6) is 0.605. The van der Waals surface area contributed by atoms with Gasteiger partial charge in [0.05, 0.1) is 53.4 Å². The molecule has 5 rings (SSSR count). The van der Waals surface area contributed by atoms with E-state index in [-0.39, 0.29) is 12.0 Å². The maximum absolute atomic E-state index is 13.4. The topological polar surface area (TPSA) is 126 Å². The molecule has 4 aromatic rings. The van der Waals surface area contributed by atoms with E-state index < -0.39 is 9.73 Å². The van der Waals surface area contributed by atoms with Gasteiger partial charge < -0.3 is 14.0 Å². The molecule has 0 radical (unpaired) electrons. The van der Waals surface area contributed by atoms with Gasteiger partial charge in [0.2, 0.25) is 11.8 Å². The zero-order valence-corrected chi connectivity index (χ0v) is 22.2. The van der Waals surface area contributed by atoms with Crippen LogP contribution in [0.4, 0.5) is 11.6 Å². The van der Waals surface area contributed by atoms with Gasteiger partial charge in [0.15, 0.2) is 0 Å². The van der Waals surface area contributed by atoms with Gasteiger partial charge >= 0.3 is 0 Å². The normalized spacial score (nSPS) is 16.7. The van der Waals surface area contributed by atoms with E-state index >= 15 is 0 Å². The first-order valence-electron chi connectivity index (χ1n) is 11.8. The number of ether oxygens (including phenoxy) is 2. The lowest BCUT2D eigenvalue weighted by Gasteiger charge is -2.17. The summed E-state index contributed by atoms with van der Waals surface area (Å²) in [6.45, 7) is 4.86. The average Bonchev–Trinajstić information content (AvgIpc) is 3.34. The minimum absolute atomic E-state index is 0.222. The lowest BCUT2D eigenvalue weighted by Crippen LogP contribution is -2.22. The summed E-state index contributed by atoms with van der Waals surface area (Å²) in [5, 5.41) is 7.28. The first kappa shape index (κ1) is 24.9. The largest absolute Gasteiger partial charge is 0.475 e. The fourth-order valence-corrected chi connectivity index (χ4v) is 4.91. The van der Waals surface area contributed by atoms with Gasteiger partial charge in [-0.15, -0.1) is 0 Å². The summed E-state index contributed by atoms with van der Waals surface area (Å²) in [6.07, 6.45) is 4.63. The molecule has 1 amide bonds. The number of anilines is 1. The molecular weight excluding hydrogens is 494 g/mol. The maximum atomic E-state index is 13.4. The first-order valence-corrected chi connectivity index (χ1v) is 14.1. The second-order valence-electron chi connectivity index (χ2n) is 9.35. The van der Waals surface area contributed by atoms with E-state index in [9.17, 15) is 9.00 Å². The number of carbonyl (C=O) groups excluding carboxylic acids is 1. The minimum Gasteiger partial charge on any atom is -0.475 e. The molecule has 1 N–H and O–H groups in total. The number of fused-ring (bicyclic) bond motifs is 7. The van der Waals surface area contributed by atoms with E-state index in [1.54, 1.807) is 48.6 Å². The van der Waals surface area contributed by atoms with Crippen LogP contribution in [-0.4, -0.2) is 66.3 Å². The molecule has 11 nitrogen and oxygen atoms in total. The Morgan fingerprint density at radius 1 is 1.16 bits per heavy atom. The predicted octanol–water partition coefficient (Wildman–Crippen LogP) is 3.55. The monoisotopic (exact) mass is 523 g/mol. The van der Waals surface area contributed by atoms with E-state index in [4.69, 9.17) is 9.47 Å². The Labute approximate surface area is 215 Å². The van der Waals surface area contributed by atoms with Gasteiger partial charge in [0.1, 0.15) is 6.61 Å². The van der Waals surface area contributed by atoms with Crippen molar-refractivity contribution in [3.8, 4) is 17.1 Å². The van der Waals surface area contributed by atoms with Crippen molar-refractivity contribution in [1.82, 2.24) is 24.3 Å². The Morgan fingerprint density at radius 2 is 1.97 bits per heavy atom. The van der Waals surface area contributed by atoms with Gasteiger partial charge in [-0.25, -0.2) is 13.9 Å². The fourth-order valence-electron chi connectivity index (χ4n) is 4.28. The molecule has 1 atom stereocenters. The van der Waals surface area contributed by atoms with Gasteiger partial charge in [-0.05, 0) is 44.2 Å². The van der Waals surface area contributed by atoms with Gasteiger partial charge in [0, 0.05) is 40.5 Å². The molecule has 1 unspecified atom stereocenters. The summed E-state index contributed by atoms with van der Waals surface area (Å²) < 4.78 is 32.1. The lowest BCUT2D eigenvalue weighted by molar-refractivity contribution is 0.0344. The van der Waals surface area contributed by atoms with Crippen molar-refractivity contribution in [2.75, 3.05) is 31.0 Å². The van der Waals surface area contributed by atoms with Crippen molar-refractivity contribution < 1.29 is 18.5 Å². The number of imidazole rings is 1. The number of nitrogens with zero attached hydrogens (tertiary/aromatic N) is 6. The highest BCUT2D eigenvalue weighted by atomic mass is 32.2. The Kier molecular flexibility index (Phi) is 6.46. The minimum atomic E-state index is -2.34. The molecule has 37 heavy (non-hydrogen) atoms. The van der Waals surface area contributed by atoms with Crippen LogP contribution >= 0.6 is 0 Å². The van der Waals surface area contributed by atoms with E-state index in [0.717, 1.165) is 5.52 Å². The highest BCUT2D eigenvalue weighted by molar-refractivity contribution is 7.92. The lowest BCUT2D eigenvalue weighted by atomic mass is 10.1. The van der Waals surface area contributed by atoms with E-state index in [1.807, 2.05) is 30.5 Å². The van der Waals surface area contributed by atoms with Crippen LogP contribution in [0.3, 0.4) is 0 Å². The van der Waals surface area contributed by atoms with Crippen LogP contribution in [0.15, 0.2) is 40.9 Å². The van der Waals surface area contributed by atoms with Crippen molar-refractivity contribution in [2.24, 2.45) is 11.4 Å². The number of amides is 1. The summed E-state index contributed by atoms with van der Waals surface area (Å²) in [5.41, 5.74) is 4.39. The number of hydrogen-bond acceptors (Lipinski definition) is 8. The molecule has 1 aromatic carbocycles. The van der Waals surface area contributed by atoms with Crippen LogP contribution in [0.25, 0.3) is 22.3 Å². The molecular formula is C25H29N7O4S. The second-order valence-corrected chi connectivity index (χ2v) is 11.9. The van der Waals surface area contributed by atoms with Crippen molar-refractivity contribution in [2.45, 2.75) is 26.5 Å². The number of nitrogens with one attached hydrogen (secondary N) is 1. The van der Waals surface area contributed by atoms with Crippen molar-refractivity contribution in [3.63, 3.8) is 0 Å². The Balaban J connectivity index is 1.62. The average molecular weight is 524 g/mol. The third-order valence-corrected chi connectivity index (χ3v) is 6.47. The third-order valence-electron chi connectivity index (χ3n) is 5.82. The fraction of sp³-hybridized carbons (Fsp3) is 0.360. The van der Waals surface area contributed by atoms with Crippen molar-refractivity contribution >= 4 is 38.3 Å². The molecule has 2 bridgehead atoms. The molecule has 0 saturated carbocycles. The summed E-state index contributed by atoms with van der Waals surface area (Å²) >= 11 is 0. The molecule has 4 heterocycles. The smallest absolute Gasteiger partial charge is 0.258 e. The molecule has 12 heteroatoms. The number of carbonyl (C=O) groups is 1. The van der Waals surface area contributed by atoms with Crippen LogP contribution in [0.1, 0.15) is 23.0 Å². The Hall–Kier alpha value is -3.77. The van der Waals surface area contributed by atoms with Gasteiger partial charge in [-0.1, -0.05) is 0 Å². The molecule has 194 valence electrons. The van der Waals surface area contributed by atoms with Crippen molar-refractivity contribution in [1.29, 1.82) is 0 Å². The van der Waals surface area contributed by atoms with E-state index in [2.05, 4.69) is 24.7 Å². The molecule has 1 aliphatic rings. The predicted molar refractivity (Wildman–Crippen MR) is 142 cm³/mol. The van der Waals surface area contributed by atoms with E-state index in [0.29, 0.717) is 65.3 Å². The summed E-state index contributed by atoms with van der Waals surface area (Å²) in [6, 6.07) is 8.84. The highest BCUT2D eigenvalue weighted by Crippen LogP contribution is 2.30. The number of pyridine rings is 1. The van der Waals surface area contributed by atoms with Crippen LogP contribution in [0.2, 0.25) is 0 Å². The standard InChI is InChI=1S/C25H29N7O4S/c1-15-10-17-11-21(27-15)19-13-26-31(3)24(19)36-9-8-35-16(2)14-32-22-12-18(30-37(4,5)34)6-7-20(22)28-25(32)29-23(17)33/h6-7,10-13,16H,8-9,14H2,1-5H3,(H,28,29,33). The number of hydrogen-bond donors (Lipinski definition) is 1. The quantitative estimate of drug-likeness (QED) is 0.404. The number of aryl methyl sites for hydroxylation is 2. The zero-order chi connectivity index (χ0) is 26.3. The second kappa shape index (κ2) is 9.60. The van der Waals surface area contributed by atoms with Gasteiger partial charge in [-0.3, -0.25) is 15.1 Å². The van der Waals surface area contributed by atoms with Crippen LogP contribution in [0.5, 0.6) is 5.88 Å². The summed E-state index contributed by atoms with van der Waals surface area (Å²) in [7, 11) is -0.552. The molecule has 0 spiro atoms. The van der Waals surface area contributed by atoms with Crippen molar-refractivity contribution in [3.05, 3.63) is 47.8 Å². The van der Waals surface area contributed by atoms with Crippen LogP contribution in [-0.2, 0) is 28.1 Å². The zero-order valence-electron chi connectivity index (χ0n) is 21.4. The molecule has 0 fully saturated rings. The maximum Gasteiger partial charge on any atom is 0.258 e. The number of rotatable bonds is 1. The number of aromatic nitrogens is 5. The van der Waals surface area contributed by atoms with Crippen LogP contribution < -0.4 is 10.1 Å². The van der Waals surface area contributed by atoms with E-state index in [1.165, 1.54) is 0 Å². The Bertz CT molecular complexity index is 1620. The number of benzene rings is 1.